The van der Waals surface area contributed by atoms with Crippen molar-refractivity contribution in [1.29, 1.82) is 5.26 Å². The van der Waals surface area contributed by atoms with E-state index < -0.39 is 5.82 Å². The normalized spacial score (nSPS) is 13.3. The minimum absolute atomic E-state index is 0. The van der Waals surface area contributed by atoms with Gasteiger partial charge in [0.1, 0.15) is 11.6 Å². The highest BCUT2D eigenvalue weighted by Gasteiger charge is 2.17. The number of aromatic nitrogens is 4. The van der Waals surface area contributed by atoms with Crippen molar-refractivity contribution in [2.24, 2.45) is 0 Å². The molecule has 34 heavy (non-hydrogen) atoms. The molecule has 0 bridgehead atoms. The Bertz CT molecular complexity index is 1330. The Kier molecular flexibility index (Phi) is 9.19. The Morgan fingerprint density at radius 2 is 1.76 bits per heavy atom. The lowest BCUT2D eigenvalue weighted by atomic mass is 10.0. The lowest BCUT2D eigenvalue weighted by molar-refractivity contribution is 0.343. The molecular formula is C23H23Cl3FN7. The van der Waals surface area contributed by atoms with Crippen LogP contribution in [-0.2, 0) is 0 Å². The molecule has 0 atom stereocenters. The second-order valence-corrected chi connectivity index (χ2v) is 7.67. The van der Waals surface area contributed by atoms with E-state index in [2.05, 4.69) is 26.5 Å². The summed E-state index contributed by atoms with van der Waals surface area (Å²) in [5.41, 5.74) is 9.50. The van der Waals surface area contributed by atoms with Gasteiger partial charge in [0.25, 0.3) is 0 Å². The summed E-state index contributed by atoms with van der Waals surface area (Å²) < 4.78 is 16.2. The van der Waals surface area contributed by atoms with E-state index in [1.54, 1.807) is 12.3 Å². The van der Waals surface area contributed by atoms with Gasteiger partial charge in [0.15, 0.2) is 0 Å². The first-order valence-electron chi connectivity index (χ1n) is 10.1. The number of hydrogen-bond acceptors (Lipinski definition) is 6. The number of nitrogens with two attached hydrogens (primary N) is 1. The zero-order valence-corrected chi connectivity index (χ0v) is 20.4. The molecule has 178 valence electrons. The average Bonchev–Trinajstić information content (AvgIpc) is 3.30. The Morgan fingerprint density at radius 1 is 1.00 bits per heavy atom. The van der Waals surface area contributed by atoms with Gasteiger partial charge in [-0.2, -0.15) is 10.4 Å². The number of nitrogen functional groups attached to an aromatic ring is 1. The number of fused-ring (bicyclic) bond motifs is 1. The van der Waals surface area contributed by atoms with Crippen molar-refractivity contribution in [3.05, 3.63) is 60.4 Å². The molecule has 4 aromatic rings. The van der Waals surface area contributed by atoms with Crippen molar-refractivity contribution >= 4 is 53.8 Å². The van der Waals surface area contributed by atoms with Crippen LogP contribution < -0.4 is 11.1 Å². The van der Waals surface area contributed by atoms with Gasteiger partial charge in [-0.3, -0.25) is 9.67 Å². The Labute approximate surface area is 214 Å². The van der Waals surface area contributed by atoms with Crippen LogP contribution in [0.4, 0.5) is 10.2 Å². The maximum Gasteiger partial charge on any atom is 0.132 e. The smallest absolute Gasteiger partial charge is 0.132 e. The highest BCUT2D eigenvalue weighted by atomic mass is 35.5. The third-order valence-electron chi connectivity index (χ3n) is 5.78. The first-order valence-corrected chi connectivity index (χ1v) is 10.1. The van der Waals surface area contributed by atoms with Crippen molar-refractivity contribution in [1.82, 2.24) is 25.1 Å². The third kappa shape index (κ3) is 5.08. The number of pyridine rings is 2. The van der Waals surface area contributed by atoms with E-state index in [9.17, 15) is 9.65 Å². The van der Waals surface area contributed by atoms with E-state index in [-0.39, 0.29) is 37.2 Å². The number of anilines is 1. The lowest BCUT2D eigenvalue weighted by Crippen LogP contribution is -2.29. The SMILES string of the molecule is Cl.Cl.Cl.N#Cc1ccc(F)c2cnc(-c3cc(-c4cnn(C5CCNCC5)c4)cnc3N)cc12. The lowest BCUT2D eigenvalue weighted by Gasteiger charge is -2.22. The van der Waals surface area contributed by atoms with Crippen molar-refractivity contribution in [3.8, 4) is 28.5 Å². The molecule has 1 aromatic carbocycles. The first kappa shape index (κ1) is 27.3. The molecule has 0 amide bonds. The Morgan fingerprint density at radius 3 is 2.50 bits per heavy atom. The number of piperidine rings is 1. The van der Waals surface area contributed by atoms with Gasteiger partial charge >= 0.3 is 0 Å². The van der Waals surface area contributed by atoms with Gasteiger partial charge in [0, 0.05) is 46.1 Å². The summed E-state index contributed by atoms with van der Waals surface area (Å²) in [6, 6.07) is 8.83. The van der Waals surface area contributed by atoms with Gasteiger partial charge in [0.05, 0.1) is 29.6 Å². The van der Waals surface area contributed by atoms with Crippen molar-refractivity contribution in [2.45, 2.75) is 18.9 Å². The molecule has 0 radical (unpaired) electrons. The van der Waals surface area contributed by atoms with Crippen LogP contribution in [0.1, 0.15) is 24.4 Å². The fourth-order valence-corrected chi connectivity index (χ4v) is 4.05. The molecule has 0 spiro atoms. The van der Waals surface area contributed by atoms with Gasteiger partial charge < -0.3 is 11.1 Å². The number of benzene rings is 1. The van der Waals surface area contributed by atoms with Crippen molar-refractivity contribution in [3.63, 3.8) is 0 Å². The molecule has 7 nitrogen and oxygen atoms in total. The Hall–Kier alpha value is -2.96. The number of nitriles is 1. The van der Waals surface area contributed by atoms with Crippen LogP contribution in [0, 0.1) is 17.1 Å². The highest BCUT2D eigenvalue weighted by Crippen LogP contribution is 2.32. The maximum atomic E-state index is 14.2. The summed E-state index contributed by atoms with van der Waals surface area (Å²) >= 11 is 0. The second kappa shape index (κ2) is 11.4. The number of rotatable bonds is 3. The topological polar surface area (TPSA) is 105 Å². The van der Waals surface area contributed by atoms with Crippen LogP contribution in [0.5, 0.6) is 0 Å². The molecule has 5 rings (SSSR count). The molecule has 0 saturated carbocycles. The second-order valence-electron chi connectivity index (χ2n) is 7.67. The summed E-state index contributed by atoms with van der Waals surface area (Å²) in [5.74, 6) is -0.102. The standard InChI is InChI=1S/C23H20FN7.3ClH/c24-21-2-1-14(9-25)18-8-22(28-12-20(18)21)19-7-15(10-29-23(19)26)16-11-30-31(13-16)17-3-5-27-6-4-17;;;/h1-2,7-8,10-13,17,27H,3-6H2,(H2,26,29);3*1H. The highest BCUT2D eigenvalue weighted by molar-refractivity contribution is 5.91. The summed E-state index contributed by atoms with van der Waals surface area (Å²) in [4.78, 5) is 8.74. The third-order valence-corrected chi connectivity index (χ3v) is 5.78. The maximum absolute atomic E-state index is 14.2. The fraction of sp³-hybridized carbons (Fsp3) is 0.217. The van der Waals surface area contributed by atoms with Gasteiger partial charge in [-0.05, 0) is 50.2 Å². The van der Waals surface area contributed by atoms with Gasteiger partial charge in [-0.25, -0.2) is 9.37 Å². The van der Waals surface area contributed by atoms with E-state index >= 15 is 0 Å². The van der Waals surface area contributed by atoms with Crippen LogP contribution in [0.2, 0.25) is 0 Å². The van der Waals surface area contributed by atoms with E-state index in [1.165, 1.54) is 18.3 Å². The minimum Gasteiger partial charge on any atom is -0.383 e. The number of nitrogens with zero attached hydrogens (tertiary/aromatic N) is 5. The molecule has 1 aliphatic rings. The number of halogens is 4. The molecule has 3 aromatic heterocycles. The Balaban J connectivity index is 0.00000136. The summed E-state index contributed by atoms with van der Waals surface area (Å²) in [6.07, 6.45) is 9.10. The largest absolute Gasteiger partial charge is 0.383 e. The van der Waals surface area contributed by atoms with Crippen LogP contribution in [-0.4, -0.2) is 32.8 Å². The van der Waals surface area contributed by atoms with Crippen LogP contribution in [0.15, 0.2) is 49.1 Å². The molecule has 1 fully saturated rings. The number of hydrogen-bond donors (Lipinski definition) is 2. The summed E-state index contributed by atoms with van der Waals surface area (Å²) in [5, 5.41) is 18.1. The van der Waals surface area contributed by atoms with Gasteiger partial charge in [-0.1, -0.05) is 0 Å². The van der Waals surface area contributed by atoms with Gasteiger partial charge in [-0.15, -0.1) is 37.2 Å². The molecule has 3 N–H and O–H groups in total. The average molecular weight is 523 g/mol. The molecular weight excluding hydrogens is 500 g/mol. The van der Waals surface area contributed by atoms with Gasteiger partial charge in [0.2, 0.25) is 0 Å². The zero-order valence-electron chi connectivity index (χ0n) is 17.9. The van der Waals surface area contributed by atoms with Crippen LogP contribution in [0.3, 0.4) is 0 Å². The molecule has 0 unspecified atom stereocenters. The summed E-state index contributed by atoms with van der Waals surface area (Å²) in [6.45, 7) is 1.98. The molecule has 11 heteroatoms. The fourth-order valence-electron chi connectivity index (χ4n) is 4.05. The van der Waals surface area contributed by atoms with E-state index in [4.69, 9.17) is 5.73 Å². The zero-order chi connectivity index (χ0) is 21.4. The predicted octanol–water partition coefficient (Wildman–Crippen LogP) is 4.94. The first-order chi connectivity index (χ1) is 15.1. The van der Waals surface area contributed by atoms with E-state index in [0.29, 0.717) is 39.5 Å². The quantitative estimate of drug-likeness (QED) is 0.395. The molecule has 0 aliphatic carbocycles. The van der Waals surface area contributed by atoms with Crippen LogP contribution in [0.25, 0.3) is 33.2 Å². The van der Waals surface area contributed by atoms with E-state index in [0.717, 1.165) is 37.1 Å². The molecule has 1 aliphatic heterocycles. The van der Waals surface area contributed by atoms with Crippen LogP contribution >= 0.6 is 37.2 Å². The molecule has 1 saturated heterocycles. The van der Waals surface area contributed by atoms with Crippen molar-refractivity contribution in [2.75, 3.05) is 18.8 Å². The monoisotopic (exact) mass is 521 g/mol. The molecule has 4 heterocycles. The predicted molar refractivity (Wildman–Crippen MR) is 138 cm³/mol. The minimum atomic E-state index is -0.418. The number of nitrogens with one attached hydrogen (secondary N) is 1. The van der Waals surface area contributed by atoms with Crippen molar-refractivity contribution < 1.29 is 4.39 Å². The van der Waals surface area contributed by atoms with E-state index in [1.807, 2.05) is 23.1 Å². The summed E-state index contributed by atoms with van der Waals surface area (Å²) in [7, 11) is 0.